The summed E-state index contributed by atoms with van der Waals surface area (Å²) in [7, 11) is 0. The first kappa shape index (κ1) is 36.8. The van der Waals surface area contributed by atoms with E-state index < -0.39 is 71.8 Å². The number of amides is 5. The molecule has 0 aliphatic carbocycles. The summed E-state index contributed by atoms with van der Waals surface area (Å²) in [5.74, 6) is -3.76. The molecule has 3 heterocycles. The lowest BCUT2D eigenvalue weighted by atomic mass is 10.0. The van der Waals surface area contributed by atoms with Crippen molar-refractivity contribution < 1.29 is 33.5 Å². The van der Waals surface area contributed by atoms with E-state index in [0.717, 1.165) is 22.0 Å². The van der Waals surface area contributed by atoms with Crippen LogP contribution in [0.4, 0.5) is 0 Å². The molecule has 6 atom stereocenters. The zero-order valence-corrected chi connectivity index (χ0v) is 29.7. The van der Waals surface area contributed by atoms with Gasteiger partial charge in [0, 0.05) is 36.5 Å². The molecule has 5 amide bonds. The molecule has 13 nitrogen and oxygen atoms in total. The highest BCUT2D eigenvalue weighted by atomic mass is 16.5. The molecule has 0 unspecified atom stereocenters. The minimum Gasteiger partial charge on any atom is -0.458 e. The fraction of sp³-hybridized carbons (Fsp3) is 0.350. The third-order valence-electron chi connectivity index (χ3n) is 9.76. The number of nitrogens with zero attached hydrogens (tertiary/aromatic N) is 1. The Morgan fingerprint density at radius 2 is 1.43 bits per heavy atom. The van der Waals surface area contributed by atoms with E-state index in [2.05, 4.69) is 26.3 Å². The molecule has 1 aromatic heterocycles. The van der Waals surface area contributed by atoms with Crippen molar-refractivity contribution in [3.05, 3.63) is 108 Å². The lowest BCUT2D eigenvalue weighted by molar-refractivity contribution is -0.156. The fourth-order valence-electron chi connectivity index (χ4n) is 6.96. The topological polar surface area (TPSA) is 179 Å². The standard InChI is InChI=1S/C40H44N6O7/c1-24-39(51)46-19-11-18-33(46)37(49)44-32(22-28-23-41-30-17-10-9-16-29(28)30)40(52)53-25(2)35(45-34(47)21-27-14-7-4-8-15-27)38(50)43-31(36(48)42-24)20-26-12-5-3-6-13-26/h3-10,12-17,23-25,31-33,35,41H,11,18-22H2,1-2H3,(H,42,48)(H,43,50)(H,44,49)(H,45,47)/t24-,25-,31-,32+,33+,35+/m1/s1. The minimum atomic E-state index is -1.43. The Kier molecular flexibility index (Phi) is 11.5. The predicted molar refractivity (Wildman–Crippen MR) is 196 cm³/mol. The van der Waals surface area contributed by atoms with Gasteiger partial charge in [0.15, 0.2) is 0 Å². The lowest BCUT2D eigenvalue weighted by Crippen LogP contribution is -2.61. The number of benzene rings is 3. The second-order valence-corrected chi connectivity index (χ2v) is 13.6. The highest BCUT2D eigenvalue weighted by Gasteiger charge is 2.40. The highest BCUT2D eigenvalue weighted by Crippen LogP contribution is 2.22. The van der Waals surface area contributed by atoms with E-state index in [4.69, 9.17) is 4.74 Å². The molecule has 2 fully saturated rings. The van der Waals surface area contributed by atoms with Crippen LogP contribution in [0.5, 0.6) is 0 Å². The molecule has 2 aliphatic heterocycles. The number of cyclic esters (lactones) is 1. The number of hydrogen-bond acceptors (Lipinski definition) is 7. The maximum atomic E-state index is 14.1. The van der Waals surface area contributed by atoms with Crippen LogP contribution in [0.2, 0.25) is 0 Å². The van der Waals surface area contributed by atoms with Gasteiger partial charge in [0.05, 0.1) is 6.42 Å². The summed E-state index contributed by atoms with van der Waals surface area (Å²) < 4.78 is 5.92. The van der Waals surface area contributed by atoms with Gasteiger partial charge < -0.3 is 35.9 Å². The first-order valence-corrected chi connectivity index (χ1v) is 17.9. The van der Waals surface area contributed by atoms with Gasteiger partial charge in [-0.3, -0.25) is 24.0 Å². The molecular formula is C40H44N6O7. The number of aromatic amines is 1. The van der Waals surface area contributed by atoms with Gasteiger partial charge in [-0.1, -0.05) is 78.9 Å². The number of fused-ring (bicyclic) bond motifs is 2. The quantitative estimate of drug-likeness (QED) is 0.182. The number of rotatable bonds is 7. The SMILES string of the molecule is C[C@H]1NC(=O)[C@@H](Cc2ccccc2)NC(=O)[C@@H](NC(=O)Cc2ccccc2)[C@@H](C)OC(=O)[C@H](Cc2c[nH]c3ccccc23)NC(=O)[C@@H]2CCCN2C1=O. The van der Waals surface area contributed by atoms with Crippen molar-refractivity contribution in [1.82, 2.24) is 31.2 Å². The van der Waals surface area contributed by atoms with Gasteiger partial charge in [0.25, 0.3) is 0 Å². The van der Waals surface area contributed by atoms with E-state index in [-0.39, 0.29) is 19.3 Å². The predicted octanol–water partition coefficient (Wildman–Crippen LogP) is 2.09. The van der Waals surface area contributed by atoms with E-state index in [9.17, 15) is 28.8 Å². The van der Waals surface area contributed by atoms with Crippen LogP contribution in [-0.4, -0.2) is 88.2 Å². The van der Waals surface area contributed by atoms with Crippen molar-refractivity contribution in [2.45, 2.75) is 82.3 Å². The number of para-hydroxylation sites is 1. The molecule has 3 aromatic carbocycles. The van der Waals surface area contributed by atoms with Gasteiger partial charge in [-0.2, -0.15) is 0 Å². The molecule has 276 valence electrons. The first-order chi connectivity index (χ1) is 25.6. The van der Waals surface area contributed by atoms with E-state index in [1.54, 1.807) is 54.7 Å². The van der Waals surface area contributed by atoms with E-state index in [1.807, 2.05) is 36.4 Å². The summed E-state index contributed by atoms with van der Waals surface area (Å²) in [5, 5.41) is 11.9. The number of hydrogen-bond donors (Lipinski definition) is 5. The molecule has 13 heteroatoms. The normalized spacial score (nSPS) is 24.5. The van der Waals surface area contributed by atoms with E-state index >= 15 is 0 Å². The highest BCUT2D eigenvalue weighted by molar-refractivity contribution is 5.97. The number of carbonyl (C=O) groups excluding carboxylic acids is 6. The number of ether oxygens (including phenoxy) is 1. The van der Waals surface area contributed by atoms with Crippen LogP contribution in [0.1, 0.15) is 43.4 Å². The smallest absolute Gasteiger partial charge is 0.329 e. The monoisotopic (exact) mass is 720 g/mol. The van der Waals surface area contributed by atoms with Gasteiger partial charge in [-0.05, 0) is 49.4 Å². The number of carbonyl (C=O) groups is 6. The molecule has 53 heavy (non-hydrogen) atoms. The third-order valence-corrected chi connectivity index (χ3v) is 9.76. The van der Waals surface area contributed by atoms with Crippen LogP contribution in [0.15, 0.2) is 91.1 Å². The Hall–Kier alpha value is -5.98. The van der Waals surface area contributed by atoms with Crippen LogP contribution in [0.25, 0.3) is 10.9 Å². The Balaban J connectivity index is 1.34. The molecule has 0 spiro atoms. The molecule has 2 aliphatic rings. The molecular weight excluding hydrogens is 676 g/mol. The molecule has 0 saturated carbocycles. The Morgan fingerprint density at radius 3 is 2.17 bits per heavy atom. The zero-order valence-electron chi connectivity index (χ0n) is 29.7. The molecule has 2 saturated heterocycles. The van der Waals surface area contributed by atoms with Gasteiger partial charge in [-0.25, -0.2) is 4.79 Å². The summed E-state index contributed by atoms with van der Waals surface area (Å²) in [6.07, 6.45) is 1.50. The second kappa shape index (κ2) is 16.6. The van der Waals surface area contributed by atoms with Crippen molar-refractivity contribution >= 4 is 46.4 Å². The number of nitrogens with one attached hydrogen (secondary N) is 5. The average molecular weight is 721 g/mol. The lowest BCUT2D eigenvalue weighted by Gasteiger charge is -2.31. The molecule has 0 radical (unpaired) electrons. The number of esters is 1. The maximum Gasteiger partial charge on any atom is 0.329 e. The minimum absolute atomic E-state index is 0.0464. The Labute approximate surface area is 307 Å². The van der Waals surface area contributed by atoms with Crippen LogP contribution in [-0.2, 0) is 52.8 Å². The fourth-order valence-corrected chi connectivity index (χ4v) is 6.96. The van der Waals surface area contributed by atoms with Gasteiger partial charge in [0.2, 0.25) is 29.5 Å². The molecule has 0 bridgehead atoms. The van der Waals surface area contributed by atoms with Crippen molar-refractivity contribution in [3.63, 3.8) is 0 Å². The van der Waals surface area contributed by atoms with Crippen molar-refractivity contribution in [2.75, 3.05) is 6.54 Å². The van der Waals surface area contributed by atoms with Gasteiger partial charge in [-0.15, -0.1) is 0 Å². The van der Waals surface area contributed by atoms with E-state index in [0.29, 0.717) is 24.9 Å². The van der Waals surface area contributed by atoms with Crippen LogP contribution in [0.3, 0.4) is 0 Å². The van der Waals surface area contributed by atoms with Gasteiger partial charge >= 0.3 is 5.97 Å². The Bertz CT molecular complexity index is 1970. The van der Waals surface area contributed by atoms with Crippen LogP contribution >= 0.6 is 0 Å². The summed E-state index contributed by atoms with van der Waals surface area (Å²) in [6.45, 7) is 3.30. The number of H-pyrrole nitrogens is 1. The molecule has 6 rings (SSSR count). The number of aromatic nitrogens is 1. The first-order valence-electron chi connectivity index (χ1n) is 17.9. The Morgan fingerprint density at radius 1 is 0.774 bits per heavy atom. The maximum absolute atomic E-state index is 14.1. The zero-order chi connectivity index (χ0) is 37.5. The van der Waals surface area contributed by atoms with Crippen LogP contribution in [0, 0.1) is 0 Å². The summed E-state index contributed by atoms with van der Waals surface area (Å²) >= 11 is 0. The average Bonchev–Trinajstić information content (AvgIpc) is 3.81. The van der Waals surface area contributed by atoms with E-state index in [1.165, 1.54) is 18.7 Å². The summed E-state index contributed by atoms with van der Waals surface area (Å²) in [4.78, 5) is 87.7. The summed E-state index contributed by atoms with van der Waals surface area (Å²) in [5.41, 5.74) is 3.03. The van der Waals surface area contributed by atoms with Crippen LogP contribution < -0.4 is 21.3 Å². The summed E-state index contributed by atoms with van der Waals surface area (Å²) in [6, 6.07) is 19.8. The van der Waals surface area contributed by atoms with Crippen molar-refractivity contribution in [3.8, 4) is 0 Å². The third kappa shape index (κ3) is 8.91. The van der Waals surface area contributed by atoms with Crippen molar-refractivity contribution in [2.24, 2.45) is 0 Å². The van der Waals surface area contributed by atoms with Gasteiger partial charge in [0.1, 0.15) is 36.3 Å². The molecule has 5 N–H and O–H groups in total. The second-order valence-electron chi connectivity index (χ2n) is 13.6. The largest absolute Gasteiger partial charge is 0.458 e. The molecule has 4 aromatic rings. The van der Waals surface area contributed by atoms with Crippen molar-refractivity contribution in [1.29, 1.82) is 0 Å².